The summed E-state index contributed by atoms with van der Waals surface area (Å²) in [6.07, 6.45) is -3.87. The molecular weight excluding hydrogens is 301 g/mol. The van der Waals surface area contributed by atoms with Gasteiger partial charge in [-0.15, -0.1) is 0 Å². The fourth-order valence-corrected chi connectivity index (χ4v) is 2.36. The first-order chi connectivity index (χ1) is 9.74. The Morgan fingerprint density at radius 2 is 1.76 bits per heavy atom. The normalized spacial score (nSPS) is 11.7. The first-order valence-electron chi connectivity index (χ1n) is 6.43. The van der Waals surface area contributed by atoms with E-state index in [1.54, 1.807) is 6.92 Å². The Hall–Kier alpha value is -1.68. The summed E-state index contributed by atoms with van der Waals surface area (Å²) in [6.45, 7) is 3.57. The summed E-state index contributed by atoms with van der Waals surface area (Å²) in [7, 11) is 0. The molecule has 21 heavy (non-hydrogen) atoms. The third-order valence-electron chi connectivity index (χ3n) is 3.39. The number of phenols is 1. The lowest BCUT2D eigenvalue weighted by molar-refractivity contribution is -0.137. The monoisotopic (exact) mass is 314 g/mol. The fourth-order valence-electron chi connectivity index (χ4n) is 2.19. The smallest absolute Gasteiger partial charge is 0.416 e. The number of hydrogen-bond acceptors (Lipinski definition) is 1. The molecule has 1 nitrogen and oxygen atoms in total. The highest BCUT2D eigenvalue weighted by molar-refractivity contribution is 6.31. The van der Waals surface area contributed by atoms with Crippen molar-refractivity contribution in [1.82, 2.24) is 0 Å². The van der Waals surface area contributed by atoms with Crippen molar-refractivity contribution >= 4 is 11.6 Å². The Kier molecular flexibility index (Phi) is 4.19. The Balaban J connectivity index is 2.70. The van der Waals surface area contributed by atoms with Crippen LogP contribution in [0.4, 0.5) is 13.2 Å². The predicted octanol–water partition coefficient (Wildman–Crippen LogP) is 5.60. The van der Waals surface area contributed by atoms with Gasteiger partial charge in [-0.25, -0.2) is 0 Å². The van der Waals surface area contributed by atoms with Crippen molar-refractivity contribution in [1.29, 1.82) is 0 Å². The molecule has 0 spiro atoms. The maximum atomic E-state index is 12.9. The molecule has 0 aliphatic carbocycles. The number of benzene rings is 2. The van der Waals surface area contributed by atoms with Crippen LogP contribution >= 0.6 is 11.6 Å². The Labute approximate surface area is 126 Å². The minimum absolute atomic E-state index is 0.0778. The van der Waals surface area contributed by atoms with E-state index in [1.807, 2.05) is 6.92 Å². The van der Waals surface area contributed by atoms with Gasteiger partial charge in [0.05, 0.1) is 5.56 Å². The number of rotatable bonds is 2. The molecule has 0 aliphatic rings. The van der Waals surface area contributed by atoms with E-state index in [1.165, 1.54) is 18.2 Å². The molecule has 0 bridgehead atoms. The van der Waals surface area contributed by atoms with E-state index >= 15 is 0 Å². The molecule has 0 unspecified atom stereocenters. The summed E-state index contributed by atoms with van der Waals surface area (Å²) in [5.74, 6) is -0.0778. The standard InChI is InChI=1S/C16H14ClF3O/c1-3-10-4-5-11(16(18,19)20)7-12(10)13-8-14(17)9(2)6-15(13)21/h4-8,21H,3H2,1-2H3. The van der Waals surface area contributed by atoms with Gasteiger partial charge in [0, 0.05) is 10.6 Å². The van der Waals surface area contributed by atoms with E-state index < -0.39 is 11.7 Å². The van der Waals surface area contributed by atoms with Gasteiger partial charge in [-0.1, -0.05) is 24.6 Å². The SMILES string of the molecule is CCc1ccc(C(F)(F)F)cc1-c1cc(Cl)c(C)cc1O. The minimum Gasteiger partial charge on any atom is -0.507 e. The van der Waals surface area contributed by atoms with E-state index in [0.29, 0.717) is 28.1 Å². The van der Waals surface area contributed by atoms with Crippen molar-refractivity contribution in [3.8, 4) is 16.9 Å². The summed E-state index contributed by atoms with van der Waals surface area (Å²) < 4.78 is 38.6. The van der Waals surface area contributed by atoms with Gasteiger partial charge in [0.2, 0.25) is 0 Å². The molecule has 2 rings (SSSR count). The molecule has 0 saturated heterocycles. The largest absolute Gasteiger partial charge is 0.507 e. The van der Waals surface area contributed by atoms with Crippen LogP contribution in [0.2, 0.25) is 5.02 Å². The maximum absolute atomic E-state index is 12.9. The first-order valence-corrected chi connectivity index (χ1v) is 6.81. The van der Waals surface area contributed by atoms with Gasteiger partial charge in [-0.05, 0) is 54.3 Å². The molecule has 2 aromatic rings. The van der Waals surface area contributed by atoms with Crippen molar-refractivity contribution < 1.29 is 18.3 Å². The van der Waals surface area contributed by atoms with Gasteiger partial charge < -0.3 is 5.11 Å². The summed E-state index contributed by atoms with van der Waals surface area (Å²) >= 11 is 6.03. The van der Waals surface area contributed by atoms with Crippen molar-refractivity contribution in [3.63, 3.8) is 0 Å². The molecule has 0 radical (unpaired) electrons. The van der Waals surface area contributed by atoms with E-state index in [4.69, 9.17) is 11.6 Å². The lowest BCUT2D eigenvalue weighted by atomic mass is 9.94. The highest BCUT2D eigenvalue weighted by Crippen LogP contribution is 2.39. The highest BCUT2D eigenvalue weighted by atomic mass is 35.5. The second-order valence-electron chi connectivity index (χ2n) is 4.84. The van der Waals surface area contributed by atoms with Crippen LogP contribution in [-0.2, 0) is 12.6 Å². The zero-order valence-electron chi connectivity index (χ0n) is 11.6. The topological polar surface area (TPSA) is 20.2 Å². The molecule has 0 atom stereocenters. The van der Waals surface area contributed by atoms with Crippen LogP contribution in [0.5, 0.6) is 5.75 Å². The fraction of sp³-hybridized carbons (Fsp3) is 0.250. The molecular formula is C16H14ClF3O. The lowest BCUT2D eigenvalue weighted by Crippen LogP contribution is -2.05. The van der Waals surface area contributed by atoms with Crippen LogP contribution in [0.3, 0.4) is 0 Å². The third kappa shape index (κ3) is 3.16. The van der Waals surface area contributed by atoms with E-state index in [0.717, 1.165) is 17.7 Å². The summed E-state index contributed by atoms with van der Waals surface area (Å²) in [5.41, 5.74) is 1.31. The van der Waals surface area contributed by atoms with Crippen LogP contribution in [-0.4, -0.2) is 5.11 Å². The Morgan fingerprint density at radius 1 is 1.10 bits per heavy atom. The molecule has 1 N–H and O–H groups in total. The zero-order chi connectivity index (χ0) is 15.8. The summed E-state index contributed by atoms with van der Waals surface area (Å²) in [6, 6.07) is 6.50. The van der Waals surface area contributed by atoms with Crippen LogP contribution in [0.25, 0.3) is 11.1 Å². The van der Waals surface area contributed by atoms with Gasteiger partial charge in [0.15, 0.2) is 0 Å². The number of hydrogen-bond donors (Lipinski definition) is 1. The molecule has 2 aromatic carbocycles. The van der Waals surface area contributed by atoms with Crippen molar-refractivity contribution in [2.45, 2.75) is 26.4 Å². The zero-order valence-corrected chi connectivity index (χ0v) is 12.3. The van der Waals surface area contributed by atoms with Crippen LogP contribution in [0.1, 0.15) is 23.6 Å². The van der Waals surface area contributed by atoms with E-state index in [-0.39, 0.29) is 5.75 Å². The summed E-state index contributed by atoms with van der Waals surface area (Å²) in [5, 5.41) is 10.4. The van der Waals surface area contributed by atoms with Crippen LogP contribution in [0.15, 0.2) is 30.3 Å². The predicted molar refractivity (Wildman–Crippen MR) is 77.7 cm³/mol. The molecule has 0 amide bonds. The minimum atomic E-state index is -4.43. The quantitative estimate of drug-likeness (QED) is 0.764. The third-order valence-corrected chi connectivity index (χ3v) is 3.79. The number of halogens is 4. The number of phenolic OH excluding ortho intramolecular Hbond substituents is 1. The average Bonchev–Trinajstić information content (AvgIpc) is 2.41. The summed E-state index contributed by atoms with van der Waals surface area (Å²) in [4.78, 5) is 0. The second-order valence-corrected chi connectivity index (χ2v) is 5.25. The second kappa shape index (κ2) is 5.60. The number of aromatic hydroxyl groups is 1. The van der Waals surface area contributed by atoms with Gasteiger partial charge in [-0.2, -0.15) is 13.2 Å². The van der Waals surface area contributed by atoms with E-state index in [2.05, 4.69) is 0 Å². The van der Waals surface area contributed by atoms with E-state index in [9.17, 15) is 18.3 Å². The Morgan fingerprint density at radius 3 is 2.33 bits per heavy atom. The van der Waals surface area contributed by atoms with Crippen LogP contribution in [0, 0.1) is 6.92 Å². The number of aryl methyl sites for hydroxylation is 2. The van der Waals surface area contributed by atoms with Gasteiger partial charge in [-0.3, -0.25) is 0 Å². The van der Waals surface area contributed by atoms with Crippen molar-refractivity contribution in [3.05, 3.63) is 52.0 Å². The maximum Gasteiger partial charge on any atom is 0.416 e. The first kappa shape index (κ1) is 15.7. The van der Waals surface area contributed by atoms with Gasteiger partial charge in [0.25, 0.3) is 0 Å². The number of alkyl halides is 3. The molecule has 0 heterocycles. The van der Waals surface area contributed by atoms with Crippen LogP contribution < -0.4 is 0 Å². The molecule has 0 saturated carbocycles. The van der Waals surface area contributed by atoms with Crippen molar-refractivity contribution in [2.75, 3.05) is 0 Å². The van der Waals surface area contributed by atoms with Crippen molar-refractivity contribution in [2.24, 2.45) is 0 Å². The molecule has 0 aliphatic heterocycles. The average molecular weight is 315 g/mol. The highest BCUT2D eigenvalue weighted by Gasteiger charge is 2.31. The van der Waals surface area contributed by atoms with Gasteiger partial charge >= 0.3 is 6.18 Å². The molecule has 0 aromatic heterocycles. The Bertz CT molecular complexity index is 678. The molecule has 0 fully saturated rings. The molecule has 5 heteroatoms. The molecule has 112 valence electrons. The van der Waals surface area contributed by atoms with Gasteiger partial charge in [0.1, 0.15) is 5.75 Å². The lowest BCUT2D eigenvalue weighted by Gasteiger charge is -2.15.